The van der Waals surface area contributed by atoms with E-state index in [0.29, 0.717) is 24.3 Å². The van der Waals surface area contributed by atoms with E-state index in [0.717, 1.165) is 12.8 Å². The van der Waals surface area contributed by atoms with E-state index in [9.17, 15) is 13.6 Å². The number of rotatable bonds is 4. The zero-order valence-electron chi connectivity index (χ0n) is 15.3. The highest BCUT2D eigenvalue weighted by atomic mass is 35.5. The normalized spacial score (nSPS) is 22.3. The summed E-state index contributed by atoms with van der Waals surface area (Å²) in [6, 6.07) is 7.67. The lowest BCUT2D eigenvalue weighted by Gasteiger charge is -2.34. The van der Waals surface area contributed by atoms with Crippen LogP contribution in [0.25, 0.3) is 0 Å². The average Bonchev–Trinajstić information content (AvgIpc) is 3.07. The third-order valence-electron chi connectivity index (χ3n) is 5.13. The van der Waals surface area contributed by atoms with Crippen LogP contribution >= 0.6 is 12.4 Å². The number of alkyl halides is 1. The fourth-order valence-corrected chi connectivity index (χ4v) is 3.68. The first-order valence-corrected chi connectivity index (χ1v) is 9.02. The van der Waals surface area contributed by atoms with Gasteiger partial charge in [0.2, 0.25) is 5.91 Å². The number of benzene rings is 1. The predicted octanol–water partition coefficient (Wildman–Crippen LogP) is 2.14. The van der Waals surface area contributed by atoms with Crippen molar-refractivity contribution in [2.45, 2.75) is 37.5 Å². The minimum atomic E-state index is -1.13. The molecule has 2 aliphatic rings. The van der Waals surface area contributed by atoms with Crippen molar-refractivity contribution in [1.82, 2.24) is 10.2 Å². The minimum absolute atomic E-state index is 0. The molecule has 150 valence electrons. The summed E-state index contributed by atoms with van der Waals surface area (Å²) in [5.74, 6) is -0.688. The Morgan fingerprint density at radius 2 is 1.96 bits per heavy atom. The van der Waals surface area contributed by atoms with Gasteiger partial charge in [0.25, 0.3) is 0 Å². The van der Waals surface area contributed by atoms with Gasteiger partial charge < -0.3 is 15.1 Å². The largest absolute Gasteiger partial charge is 0.371 e. The molecule has 9 heteroatoms. The van der Waals surface area contributed by atoms with Gasteiger partial charge in [0, 0.05) is 31.2 Å². The zero-order valence-corrected chi connectivity index (χ0v) is 16.1. The van der Waals surface area contributed by atoms with Crippen molar-refractivity contribution in [1.29, 1.82) is 10.5 Å². The summed E-state index contributed by atoms with van der Waals surface area (Å²) in [6.45, 7) is 1.42. The second-order valence-electron chi connectivity index (χ2n) is 6.98. The summed E-state index contributed by atoms with van der Waals surface area (Å²) in [5, 5.41) is 21.2. The maximum absolute atomic E-state index is 13.6. The molecule has 0 bridgehead atoms. The lowest BCUT2D eigenvalue weighted by Crippen LogP contribution is -2.47. The lowest BCUT2D eigenvalue weighted by molar-refractivity contribution is -0.130. The molecule has 0 radical (unpaired) electrons. The fraction of sp³-hybridized carbons (Fsp3) is 0.526. The molecule has 0 saturated carbocycles. The molecule has 0 unspecified atom stereocenters. The number of likely N-dealkylation sites (tertiary alicyclic amines) is 1. The summed E-state index contributed by atoms with van der Waals surface area (Å²) in [7, 11) is 0. The predicted molar refractivity (Wildman–Crippen MR) is 102 cm³/mol. The van der Waals surface area contributed by atoms with Crippen LogP contribution in [0.5, 0.6) is 0 Å². The number of halogens is 3. The number of nitrogens with one attached hydrogen (secondary N) is 1. The van der Waals surface area contributed by atoms with Gasteiger partial charge in [-0.3, -0.25) is 4.79 Å². The highest BCUT2D eigenvalue weighted by Crippen LogP contribution is 2.23. The van der Waals surface area contributed by atoms with Crippen molar-refractivity contribution >= 4 is 24.0 Å². The third kappa shape index (κ3) is 5.09. The van der Waals surface area contributed by atoms with Crippen molar-refractivity contribution in [3.63, 3.8) is 0 Å². The smallest absolute Gasteiger partial charge is 0.237 e. The van der Waals surface area contributed by atoms with Gasteiger partial charge in [-0.2, -0.15) is 10.5 Å². The molecule has 1 N–H and O–H groups in total. The van der Waals surface area contributed by atoms with Crippen LogP contribution in [0.3, 0.4) is 0 Å². The van der Waals surface area contributed by atoms with E-state index in [4.69, 9.17) is 10.5 Å². The van der Waals surface area contributed by atoms with Gasteiger partial charge in [-0.15, -0.1) is 12.4 Å². The number of amides is 1. The first kappa shape index (κ1) is 21.9. The zero-order chi connectivity index (χ0) is 19.4. The van der Waals surface area contributed by atoms with E-state index in [-0.39, 0.29) is 43.9 Å². The van der Waals surface area contributed by atoms with E-state index in [2.05, 4.69) is 5.32 Å². The standard InChI is InChI=1S/C19H21F2N5O.ClH/c20-14-5-13(9-22)6-17(7-14)25-3-1-16(2-4-25)24-11-19(27)26-12-15(21)8-18(26)10-23;/h5-7,15-16,18,24H,1-4,8,11-12H2;1H/t15-,18-;/m0./s1. The molecule has 1 amide bonds. The summed E-state index contributed by atoms with van der Waals surface area (Å²) in [6.07, 6.45) is 0.475. The van der Waals surface area contributed by atoms with Crippen LogP contribution in [0.2, 0.25) is 0 Å². The van der Waals surface area contributed by atoms with E-state index < -0.39 is 18.0 Å². The summed E-state index contributed by atoms with van der Waals surface area (Å²) >= 11 is 0. The molecule has 1 aromatic carbocycles. The molecule has 28 heavy (non-hydrogen) atoms. The van der Waals surface area contributed by atoms with Crippen molar-refractivity contribution in [3.8, 4) is 12.1 Å². The number of hydrogen-bond acceptors (Lipinski definition) is 5. The van der Waals surface area contributed by atoms with Crippen molar-refractivity contribution in [2.75, 3.05) is 31.1 Å². The van der Waals surface area contributed by atoms with Gasteiger partial charge >= 0.3 is 0 Å². The summed E-state index contributed by atoms with van der Waals surface area (Å²) in [4.78, 5) is 15.6. The second kappa shape index (κ2) is 9.68. The van der Waals surface area contributed by atoms with Crippen LogP contribution in [0.15, 0.2) is 18.2 Å². The molecule has 2 aliphatic heterocycles. The molecular formula is C19H22ClF2N5O. The Labute approximate surface area is 169 Å². The third-order valence-corrected chi connectivity index (χ3v) is 5.13. The number of piperidine rings is 1. The molecule has 2 fully saturated rings. The Bertz CT molecular complexity index is 786. The highest BCUT2D eigenvalue weighted by molar-refractivity contribution is 5.85. The SMILES string of the molecule is Cl.N#Cc1cc(F)cc(N2CCC(NCC(=O)N3C[C@@H](F)C[C@H]3C#N)CC2)c1. The van der Waals surface area contributed by atoms with E-state index in [1.165, 1.54) is 17.0 Å². The van der Waals surface area contributed by atoms with E-state index in [1.54, 1.807) is 6.07 Å². The van der Waals surface area contributed by atoms with Crippen LogP contribution in [0.4, 0.5) is 14.5 Å². The van der Waals surface area contributed by atoms with Gasteiger partial charge in [0.05, 0.1) is 30.8 Å². The lowest BCUT2D eigenvalue weighted by atomic mass is 10.0. The van der Waals surface area contributed by atoms with Gasteiger partial charge in [0.15, 0.2) is 0 Å². The topological polar surface area (TPSA) is 83.2 Å². The summed E-state index contributed by atoms with van der Waals surface area (Å²) < 4.78 is 27.0. The maximum Gasteiger partial charge on any atom is 0.237 e. The van der Waals surface area contributed by atoms with Crippen molar-refractivity contribution in [3.05, 3.63) is 29.6 Å². The Hall–Kier alpha value is -2.42. The number of carbonyl (C=O) groups is 1. The molecule has 0 spiro atoms. The van der Waals surface area contributed by atoms with Crippen LogP contribution in [-0.2, 0) is 4.79 Å². The Kier molecular flexibility index (Phi) is 7.56. The average molecular weight is 410 g/mol. The molecule has 2 atom stereocenters. The molecule has 2 heterocycles. The van der Waals surface area contributed by atoms with Gasteiger partial charge in [-0.25, -0.2) is 8.78 Å². The first-order valence-electron chi connectivity index (χ1n) is 9.02. The number of nitrogens with zero attached hydrogens (tertiary/aromatic N) is 4. The highest BCUT2D eigenvalue weighted by Gasteiger charge is 2.35. The van der Waals surface area contributed by atoms with Crippen molar-refractivity contribution < 1.29 is 13.6 Å². The Balaban J connectivity index is 0.00000280. The molecule has 3 rings (SSSR count). The van der Waals surface area contributed by atoms with E-state index >= 15 is 0 Å². The van der Waals surface area contributed by atoms with Crippen LogP contribution < -0.4 is 10.2 Å². The van der Waals surface area contributed by atoms with Crippen molar-refractivity contribution in [2.24, 2.45) is 0 Å². The number of carbonyl (C=O) groups excluding carboxylic acids is 1. The molecular weight excluding hydrogens is 388 g/mol. The molecule has 6 nitrogen and oxygen atoms in total. The monoisotopic (exact) mass is 409 g/mol. The van der Waals surface area contributed by atoms with Crippen LogP contribution in [-0.4, -0.2) is 55.2 Å². The second-order valence-corrected chi connectivity index (χ2v) is 6.98. The molecule has 0 aromatic heterocycles. The van der Waals surface area contributed by atoms with E-state index in [1.807, 2.05) is 17.0 Å². The maximum atomic E-state index is 13.6. The van der Waals surface area contributed by atoms with Crippen LogP contribution in [0, 0.1) is 28.5 Å². The number of hydrogen-bond donors (Lipinski definition) is 1. The molecule has 2 saturated heterocycles. The first-order chi connectivity index (χ1) is 13.0. The van der Waals surface area contributed by atoms with Gasteiger partial charge in [-0.1, -0.05) is 0 Å². The number of anilines is 1. The summed E-state index contributed by atoms with van der Waals surface area (Å²) in [5.41, 5.74) is 0.976. The van der Waals surface area contributed by atoms with Crippen LogP contribution in [0.1, 0.15) is 24.8 Å². The Morgan fingerprint density at radius 1 is 1.25 bits per heavy atom. The molecule has 0 aliphatic carbocycles. The van der Waals surface area contributed by atoms with Gasteiger partial charge in [0.1, 0.15) is 18.0 Å². The quantitative estimate of drug-likeness (QED) is 0.823. The molecule has 1 aromatic rings. The fourth-order valence-electron chi connectivity index (χ4n) is 3.68. The van der Waals surface area contributed by atoms with Gasteiger partial charge in [-0.05, 0) is 31.0 Å². The Morgan fingerprint density at radius 3 is 2.61 bits per heavy atom. The minimum Gasteiger partial charge on any atom is -0.371 e. The number of nitriles is 2.